The molecule has 0 heterocycles. The third-order valence-electron chi connectivity index (χ3n) is 6.87. The number of ether oxygens (including phenoxy) is 1. The summed E-state index contributed by atoms with van der Waals surface area (Å²) in [5, 5.41) is 70.4. The average Bonchev–Trinajstić information content (AvgIpc) is 3.15. The van der Waals surface area contributed by atoms with Crippen LogP contribution in [0.25, 0.3) is 0 Å². The molecule has 2 aliphatic rings. The molecule has 0 radical (unpaired) electrons. The van der Waals surface area contributed by atoms with Crippen molar-refractivity contribution in [1.29, 1.82) is 0 Å². The molecule has 0 saturated heterocycles. The minimum Gasteiger partial charge on any atom is -0.481 e. The second kappa shape index (κ2) is 7.78. The summed E-state index contributed by atoms with van der Waals surface area (Å²) < 4.78 is 4.65. The number of carbonyl (C=O) groups is 8. The molecular formula is C19H18O16. The molecule has 16 nitrogen and oxygen atoms in total. The van der Waals surface area contributed by atoms with E-state index in [1.54, 1.807) is 0 Å². The lowest BCUT2D eigenvalue weighted by Crippen LogP contribution is -2.68. The summed E-state index contributed by atoms with van der Waals surface area (Å²) in [7, 11) is 0. The summed E-state index contributed by atoms with van der Waals surface area (Å²) in [6, 6.07) is 0. The van der Waals surface area contributed by atoms with E-state index in [-0.39, 0.29) is 18.6 Å². The smallest absolute Gasteiger partial charge is 0.324 e. The molecule has 1 fully saturated rings. The van der Waals surface area contributed by atoms with Crippen molar-refractivity contribution < 1.29 is 78.8 Å². The molecule has 2 aliphatic carbocycles. The summed E-state index contributed by atoms with van der Waals surface area (Å²) >= 11 is 0. The SMILES string of the molecule is CCCOC(=O)CC1(C(=O)O)C2(C(=O)O)C=CC(C(=O)O)(C2(C(=O)O)C(=O)O)C1(C(=O)O)C(=O)O. The van der Waals surface area contributed by atoms with Gasteiger partial charge in [-0.25, -0.2) is 0 Å². The van der Waals surface area contributed by atoms with E-state index in [0.29, 0.717) is 0 Å². The highest BCUT2D eigenvalue weighted by molar-refractivity contribution is 6.24. The number of carboxylic acids is 7. The Morgan fingerprint density at radius 1 is 0.600 bits per heavy atom. The van der Waals surface area contributed by atoms with Gasteiger partial charge in [0.25, 0.3) is 0 Å². The van der Waals surface area contributed by atoms with Gasteiger partial charge in [-0.05, 0) is 6.42 Å². The van der Waals surface area contributed by atoms with E-state index >= 15 is 0 Å². The molecule has 0 spiro atoms. The molecule has 16 heteroatoms. The molecule has 3 atom stereocenters. The lowest BCUT2D eigenvalue weighted by Gasteiger charge is -2.47. The van der Waals surface area contributed by atoms with Gasteiger partial charge >= 0.3 is 47.8 Å². The highest BCUT2D eigenvalue weighted by Gasteiger charge is 3.04. The maximum atomic E-state index is 12.7. The van der Waals surface area contributed by atoms with Crippen molar-refractivity contribution in [1.82, 2.24) is 0 Å². The molecule has 2 rings (SSSR count). The topological polar surface area (TPSA) is 287 Å². The van der Waals surface area contributed by atoms with Gasteiger partial charge in [-0.2, -0.15) is 0 Å². The van der Waals surface area contributed by atoms with Gasteiger partial charge in [0.15, 0.2) is 0 Å². The van der Waals surface area contributed by atoms with E-state index in [1.807, 2.05) is 0 Å². The number of aliphatic carboxylic acids is 7. The van der Waals surface area contributed by atoms with E-state index in [1.165, 1.54) is 6.92 Å². The third-order valence-corrected chi connectivity index (χ3v) is 6.87. The monoisotopic (exact) mass is 502 g/mol. The van der Waals surface area contributed by atoms with Crippen molar-refractivity contribution in [3.8, 4) is 0 Å². The van der Waals surface area contributed by atoms with Gasteiger partial charge in [0, 0.05) is 0 Å². The first-order valence-electron chi connectivity index (χ1n) is 9.52. The molecule has 2 bridgehead atoms. The van der Waals surface area contributed by atoms with Crippen molar-refractivity contribution in [2.45, 2.75) is 19.8 Å². The first-order chi connectivity index (χ1) is 16.0. The van der Waals surface area contributed by atoms with E-state index in [0.717, 1.165) is 0 Å². The van der Waals surface area contributed by atoms with Crippen LogP contribution in [0.4, 0.5) is 0 Å². The van der Waals surface area contributed by atoms with Crippen LogP contribution >= 0.6 is 0 Å². The van der Waals surface area contributed by atoms with Crippen LogP contribution in [0.5, 0.6) is 0 Å². The Balaban J connectivity index is 3.44. The van der Waals surface area contributed by atoms with Crippen LogP contribution in [0.3, 0.4) is 0 Å². The fraction of sp³-hybridized carbons (Fsp3) is 0.474. The second-order valence-electron chi connectivity index (χ2n) is 7.89. The third kappa shape index (κ3) is 2.30. The quantitative estimate of drug-likeness (QED) is 0.0954. The Bertz CT molecular complexity index is 1090. The molecule has 3 unspecified atom stereocenters. The van der Waals surface area contributed by atoms with Crippen LogP contribution in [0.15, 0.2) is 12.2 Å². The number of esters is 1. The number of fused-ring (bicyclic) bond motifs is 2. The van der Waals surface area contributed by atoms with Crippen molar-refractivity contribution in [3.05, 3.63) is 12.2 Å². The summed E-state index contributed by atoms with van der Waals surface area (Å²) in [4.78, 5) is 101. The zero-order valence-corrected chi connectivity index (χ0v) is 17.6. The second-order valence-corrected chi connectivity index (χ2v) is 7.89. The number of hydrogen-bond donors (Lipinski definition) is 7. The molecule has 190 valence electrons. The van der Waals surface area contributed by atoms with E-state index in [4.69, 9.17) is 0 Å². The van der Waals surface area contributed by atoms with Crippen LogP contribution in [0, 0.1) is 27.1 Å². The molecular weight excluding hydrogens is 484 g/mol. The lowest BCUT2D eigenvalue weighted by molar-refractivity contribution is -0.205. The molecule has 1 saturated carbocycles. The maximum Gasteiger partial charge on any atom is 0.324 e. The largest absolute Gasteiger partial charge is 0.481 e. The predicted octanol–water partition coefficient (Wildman–Crippen LogP) is -1.56. The Kier molecular flexibility index (Phi) is 5.95. The van der Waals surface area contributed by atoms with Crippen LogP contribution in [-0.4, -0.2) is 90.1 Å². The summed E-state index contributed by atoms with van der Waals surface area (Å²) in [5.74, 6) is -21.5. The van der Waals surface area contributed by atoms with E-state index in [2.05, 4.69) is 4.74 Å². The molecule has 0 amide bonds. The average molecular weight is 502 g/mol. The zero-order valence-electron chi connectivity index (χ0n) is 17.6. The van der Waals surface area contributed by atoms with Crippen molar-refractivity contribution >= 4 is 47.8 Å². The summed E-state index contributed by atoms with van der Waals surface area (Å²) in [6.45, 7) is 0.988. The maximum absolute atomic E-state index is 12.7. The van der Waals surface area contributed by atoms with Gasteiger partial charge in [0.1, 0.15) is 16.2 Å². The van der Waals surface area contributed by atoms with Crippen molar-refractivity contribution in [3.63, 3.8) is 0 Å². The molecule has 0 aliphatic heterocycles. The van der Waals surface area contributed by atoms with Gasteiger partial charge in [0.2, 0.25) is 10.8 Å². The summed E-state index contributed by atoms with van der Waals surface area (Å²) in [6.07, 6.45) is -1.98. The fourth-order valence-corrected chi connectivity index (χ4v) is 5.84. The first-order valence-corrected chi connectivity index (χ1v) is 9.52. The molecule has 0 aromatic heterocycles. The predicted molar refractivity (Wildman–Crippen MR) is 101 cm³/mol. The minimum absolute atomic E-state index is 0.0110. The Morgan fingerprint density at radius 2 is 1.00 bits per heavy atom. The Hall–Kier alpha value is -4.50. The number of hydrogen-bond acceptors (Lipinski definition) is 9. The standard InChI is InChI=1S/C19H18O16/c1-2-5-35-7(20)6-17(10(25)26)15(8(21)22)3-4-16(9(23)24,18(15,11(27)28)12(29)30)19(17,13(31)32)14(33)34/h3-4H,2,5-6H2,1H3,(H,21,22)(H,23,24)(H,25,26)(H,27,28)(H,29,30)(H,31,32)(H,33,34). The molecule has 7 N–H and O–H groups in total. The number of rotatable bonds is 11. The van der Waals surface area contributed by atoms with Gasteiger partial charge < -0.3 is 40.5 Å². The Morgan fingerprint density at radius 3 is 1.31 bits per heavy atom. The normalized spacial score (nSPS) is 29.2. The van der Waals surface area contributed by atoms with Crippen LogP contribution < -0.4 is 0 Å². The van der Waals surface area contributed by atoms with Crippen LogP contribution in [0.1, 0.15) is 19.8 Å². The molecule has 0 aromatic carbocycles. The van der Waals surface area contributed by atoms with E-state index < -0.39 is 87.9 Å². The van der Waals surface area contributed by atoms with Crippen molar-refractivity contribution in [2.24, 2.45) is 27.1 Å². The van der Waals surface area contributed by atoms with Gasteiger partial charge in [-0.1, -0.05) is 19.1 Å². The highest BCUT2D eigenvalue weighted by atomic mass is 16.5. The van der Waals surface area contributed by atoms with Crippen LogP contribution in [0.2, 0.25) is 0 Å². The lowest BCUT2D eigenvalue weighted by atomic mass is 9.48. The fourth-order valence-electron chi connectivity index (χ4n) is 5.84. The molecule has 0 aromatic rings. The zero-order chi connectivity index (χ0) is 27.4. The summed E-state index contributed by atoms with van der Waals surface area (Å²) in [5.41, 5.74) is -21.7. The first kappa shape index (κ1) is 26.7. The van der Waals surface area contributed by atoms with Gasteiger partial charge in [-0.15, -0.1) is 0 Å². The highest BCUT2D eigenvalue weighted by Crippen LogP contribution is 2.84. The van der Waals surface area contributed by atoms with Crippen molar-refractivity contribution in [2.75, 3.05) is 6.61 Å². The van der Waals surface area contributed by atoms with Gasteiger partial charge in [-0.3, -0.25) is 38.4 Å². The van der Waals surface area contributed by atoms with Gasteiger partial charge in [0.05, 0.1) is 13.0 Å². The number of carbonyl (C=O) groups excluding carboxylic acids is 1. The minimum atomic E-state index is -4.56. The molecule has 35 heavy (non-hydrogen) atoms. The van der Waals surface area contributed by atoms with E-state index in [9.17, 15) is 74.1 Å². The number of carboxylic acid groups (broad SMARTS) is 7. The Labute approximate surface area is 193 Å². The van der Waals surface area contributed by atoms with Crippen LogP contribution in [-0.2, 0) is 43.1 Å².